The number of carbonyl (C=O) groups is 2. The summed E-state index contributed by atoms with van der Waals surface area (Å²) in [7, 11) is -2.22. The number of aromatic nitrogens is 1. The maximum absolute atomic E-state index is 15.6. The number of hydrogen-bond donors (Lipinski definition) is 1. The molecule has 1 N–H and O–H groups in total. The van der Waals surface area contributed by atoms with E-state index in [1.807, 2.05) is 27.7 Å². The molecule has 3 aliphatic rings. The van der Waals surface area contributed by atoms with Crippen LogP contribution in [-0.4, -0.2) is 82.3 Å². The Morgan fingerprint density at radius 2 is 1.79 bits per heavy atom. The van der Waals surface area contributed by atoms with Crippen LogP contribution in [0.15, 0.2) is 17.3 Å². The van der Waals surface area contributed by atoms with Crippen molar-refractivity contribution in [2.24, 2.45) is 10.9 Å². The van der Waals surface area contributed by atoms with E-state index >= 15 is 4.39 Å². The van der Waals surface area contributed by atoms with Gasteiger partial charge in [0.25, 0.3) is 0 Å². The number of halogens is 1. The Balaban J connectivity index is 1.76. The molecule has 1 aromatic heterocycles. The van der Waals surface area contributed by atoms with E-state index in [-0.39, 0.29) is 23.9 Å². The number of nitrogens with zero attached hydrogens (tertiary/aromatic N) is 3. The van der Waals surface area contributed by atoms with Crippen LogP contribution in [0.4, 0.5) is 9.18 Å². The first-order valence-electron chi connectivity index (χ1n) is 14.6. The number of fused-ring (bicyclic) bond motifs is 1. The number of amides is 1. The number of amidine groups is 1. The summed E-state index contributed by atoms with van der Waals surface area (Å²) in [5, 5.41) is 10.5. The summed E-state index contributed by atoms with van der Waals surface area (Å²) in [4.78, 5) is 36.3. The molecule has 10 nitrogen and oxygen atoms in total. The highest BCUT2D eigenvalue weighted by Crippen LogP contribution is 2.66. The minimum atomic E-state index is -1.42. The molecule has 238 valence electrons. The molecule has 2 fully saturated rings. The molecule has 0 radical (unpaired) electrons. The number of pyridine rings is 1. The second-order valence-electron chi connectivity index (χ2n) is 15.0. The Hall–Kier alpha value is -2.00. The lowest BCUT2D eigenvalue weighted by Crippen LogP contribution is -2.47. The van der Waals surface area contributed by atoms with Crippen LogP contribution in [0.3, 0.4) is 0 Å². The zero-order valence-corrected chi connectivity index (χ0v) is 29.0. The minimum absolute atomic E-state index is 0.0985. The molecule has 1 saturated heterocycles. The second kappa shape index (κ2) is 11.1. The average molecular weight is 638 g/mol. The van der Waals surface area contributed by atoms with Crippen molar-refractivity contribution in [1.82, 2.24) is 9.88 Å². The Bertz CT molecular complexity index is 1300. The van der Waals surface area contributed by atoms with Crippen LogP contribution in [0.1, 0.15) is 67.4 Å². The first-order chi connectivity index (χ1) is 19.5. The van der Waals surface area contributed by atoms with Crippen molar-refractivity contribution < 1.29 is 37.9 Å². The maximum atomic E-state index is 15.6. The highest BCUT2D eigenvalue weighted by molar-refractivity contribution is 8.15. The van der Waals surface area contributed by atoms with Gasteiger partial charge in [0.15, 0.2) is 5.17 Å². The third kappa shape index (κ3) is 6.82. The van der Waals surface area contributed by atoms with Gasteiger partial charge in [-0.1, -0.05) is 37.5 Å². The highest BCUT2D eigenvalue weighted by atomic mass is 32.2. The molecule has 4 rings (SSSR count). The summed E-state index contributed by atoms with van der Waals surface area (Å²) < 4.78 is 38.3. The molecule has 0 spiro atoms. The van der Waals surface area contributed by atoms with Crippen molar-refractivity contribution >= 4 is 49.6 Å². The maximum Gasteiger partial charge on any atom is 0.496 e. The quantitative estimate of drug-likeness (QED) is 0.177. The van der Waals surface area contributed by atoms with Gasteiger partial charge in [0.1, 0.15) is 17.1 Å². The molecule has 2 aliphatic heterocycles. The van der Waals surface area contributed by atoms with Crippen LogP contribution >= 0.6 is 11.8 Å². The number of carboxylic acids is 1. The van der Waals surface area contributed by atoms with E-state index in [0.717, 1.165) is 17.8 Å². The van der Waals surface area contributed by atoms with Crippen LogP contribution < -0.4 is 5.46 Å². The van der Waals surface area contributed by atoms with E-state index < -0.39 is 66.2 Å². The van der Waals surface area contributed by atoms with Crippen molar-refractivity contribution in [3.63, 3.8) is 0 Å². The molecule has 1 amide bonds. The van der Waals surface area contributed by atoms with Gasteiger partial charge in [-0.2, -0.15) is 4.39 Å². The fourth-order valence-corrected chi connectivity index (χ4v) is 7.34. The Kier molecular flexibility index (Phi) is 8.76. The fraction of sp³-hybridized carbons (Fsp3) is 0.724. The normalized spacial score (nSPS) is 27.8. The van der Waals surface area contributed by atoms with Crippen molar-refractivity contribution in [3.8, 4) is 0 Å². The summed E-state index contributed by atoms with van der Waals surface area (Å²) in [5.41, 5.74) is -2.84. The third-order valence-electron chi connectivity index (χ3n) is 8.54. The molecule has 14 heteroatoms. The summed E-state index contributed by atoms with van der Waals surface area (Å²) in [5.74, 6) is -2.39. The molecule has 43 heavy (non-hydrogen) atoms. The van der Waals surface area contributed by atoms with Crippen molar-refractivity contribution in [2.45, 2.75) is 115 Å². The van der Waals surface area contributed by atoms with E-state index in [1.54, 1.807) is 33.8 Å². The lowest BCUT2D eigenvalue weighted by atomic mass is 9.77. The molecular weight excluding hydrogens is 592 g/mol. The summed E-state index contributed by atoms with van der Waals surface area (Å²) in [6.07, 6.45) is 0.872. The van der Waals surface area contributed by atoms with Gasteiger partial charge in [0.2, 0.25) is 5.95 Å². The number of thioether (sulfide) groups is 1. The van der Waals surface area contributed by atoms with Crippen molar-refractivity contribution in [1.29, 1.82) is 0 Å². The van der Waals surface area contributed by atoms with Gasteiger partial charge in [-0.05, 0) is 67.9 Å². The monoisotopic (exact) mass is 637 g/mol. The van der Waals surface area contributed by atoms with E-state index in [0.29, 0.717) is 12.1 Å². The topological polar surface area (TPSA) is 120 Å². The van der Waals surface area contributed by atoms with Crippen LogP contribution in [0, 0.1) is 11.9 Å². The van der Waals surface area contributed by atoms with Crippen LogP contribution in [0.2, 0.25) is 25.7 Å². The molecule has 0 aromatic carbocycles. The molecule has 3 unspecified atom stereocenters. The van der Waals surface area contributed by atoms with Gasteiger partial charge in [-0.15, -0.1) is 0 Å². The number of aliphatic imine (C=N–C) groups is 1. The third-order valence-corrected chi connectivity index (χ3v) is 11.7. The first-order valence-corrected chi connectivity index (χ1v) is 19.2. The zero-order chi connectivity index (χ0) is 32.4. The average Bonchev–Trinajstić information content (AvgIpc) is 3.54. The Morgan fingerprint density at radius 3 is 2.33 bits per heavy atom. The predicted molar refractivity (Wildman–Crippen MR) is 168 cm³/mol. The van der Waals surface area contributed by atoms with Crippen LogP contribution in [0.5, 0.6) is 0 Å². The minimum Gasteiger partial charge on any atom is -0.480 e. The smallest absolute Gasteiger partial charge is 0.480 e. The lowest BCUT2D eigenvalue weighted by molar-refractivity contribution is -0.137. The van der Waals surface area contributed by atoms with E-state index in [1.165, 1.54) is 11.1 Å². The SMILES string of the molecule is CC(C)(C)OC(=O)N(COCC[Si](C)(C)C)C1=NC(C)(c2cc(B3OC(C)(C)C(C)(C)O3)cnc2F)C2CC2(C(=O)O)S1. The largest absolute Gasteiger partial charge is 0.496 e. The number of hydrogen-bond acceptors (Lipinski definition) is 9. The van der Waals surface area contributed by atoms with E-state index in [2.05, 4.69) is 24.6 Å². The molecule has 1 aliphatic carbocycles. The molecule has 3 heterocycles. The number of rotatable bonds is 8. The first kappa shape index (κ1) is 33.9. The number of carboxylic acid groups (broad SMARTS) is 1. The van der Waals surface area contributed by atoms with Gasteiger partial charge < -0.3 is 23.9 Å². The summed E-state index contributed by atoms with van der Waals surface area (Å²) >= 11 is 0.986. The van der Waals surface area contributed by atoms with Gasteiger partial charge in [-0.25, -0.2) is 14.7 Å². The van der Waals surface area contributed by atoms with E-state index in [9.17, 15) is 14.7 Å². The Labute approximate surface area is 259 Å². The van der Waals surface area contributed by atoms with Crippen molar-refractivity contribution in [2.75, 3.05) is 13.3 Å². The lowest BCUT2D eigenvalue weighted by Gasteiger charge is -2.37. The predicted octanol–water partition coefficient (Wildman–Crippen LogP) is 5.23. The number of ether oxygens (including phenoxy) is 2. The second-order valence-corrected chi connectivity index (χ2v) is 22.0. The molecular formula is C29H45BFN3O7SSi. The number of carbonyl (C=O) groups excluding carboxylic acids is 1. The highest BCUT2D eigenvalue weighted by Gasteiger charge is 2.72. The molecule has 3 atom stereocenters. The molecule has 0 bridgehead atoms. The zero-order valence-electron chi connectivity index (χ0n) is 27.2. The van der Waals surface area contributed by atoms with Crippen LogP contribution in [-0.2, 0) is 29.1 Å². The van der Waals surface area contributed by atoms with E-state index in [4.69, 9.17) is 23.8 Å². The fourth-order valence-electron chi connectivity index (χ4n) is 5.08. The molecule has 1 aromatic rings. The van der Waals surface area contributed by atoms with Crippen LogP contribution in [0.25, 0.3) is 0 Å². The standard InChI is InChI=1S/C29H45BFN3O7SSi/c1-25(2,3)39-24(37)34(17-38-12-13-43(9,10)11)23-33-28(8,20-15-29(20,42-23)22(35)36)19-14-18(16-32-21(19)31)30-40-26(4,5)27(6,7)41-30/h14,16,20H,12-13,15,17H2,1-11H3,(H,35,36). The van der Waals surface area contributed by atoms with Gasteiger partial charge in [0.05, 0.1) is 16.7 Å². The van der Waals surface area contributed by atoms with Gasteiger partial charge in [0, 0.05) is 37.8 Å². The van der Waals surface area contributed by atoms with Gasteiger partial charge >= 0.3 is 19.2 Å². The summed E-state index contributed by atoms with van der Waals surface area (Å²) in [6.45, 7) is 21.5. The molecule has 1 saturated carbocycles. The Morgan fingerprint density at radius 1 is 1.19 bits per heavy atom. The summed E-state index contributed by atoms with van der Waals surface area (Å²) in [6, 6.07) is 2.46. The number of aliphatic carboxylic acids is 1. The van der Waals surface area contributed by atoms with Crippen molar-refractivity contribution in [3.05, 3.63) is 23.8 Å². The van der Waals surface area contributed by atoms with Gasteiger partial charge in [-0.3, -0.25) is 9.79 Å².